The van der Waals surface area contributed by atoms with E-state index in [-0.39, 0.29) is 16.7 Å². The van der Waals surface area contributed by atoms with E-state index in [1.165, 1.54) is 24.3 Å². The predicted molar refractivity (Wildman–Crippen MR) is 81.8 cm³/mol. The second-order valence-corrected chi connectivity index (χ2v) is 6.06. The molecule has 21 heavy (non-hydrogen) atoms. The van der Waals surface area contributed by atoms with Crippen LogP contribution in [-0.2, 0) is 9.59 Å². The first-order valence-electron chi connectivity index (χ1n) is 6.69. The van der Waals surface area contributed by atoms with Crippen LogP contribution in [0.25, 0.3) is 6.08 Å². The second-order valence-electron chi connectivity index (χ2n) is 4.75. The molecule has 1 aliphatic heterocycles. The minimum atomic E-state index is -1.15. The Morgan fingerprint density at radius 1 is 1.38 bits per heavy atom. The average molecular weight is 309 g/mol. The number of carboxylic acids is 1. The molecule has 1 atom stereocenters. The van der Waals surface area contributed by atoms with Gasteiger partial charge in [0.15, 0.2) is 0 Å². The number of halogens is 1. The molecule has 0 spiro atoms. The lowest BCUT2D eigenvalue weighted by atomic mass is 10.1. The summed E-state index contributed by atoms with van der Waals surface area (Å²) in [6.07, 6.45) is 5.06. The van der Waals surface area contributed by atoms with Gasteiger partial charge in [0.1, 0.15) is 5.82 Å². The van der Waals surface area contributed by atoms with E-state index in [0.29, 0.717) is 5.69 Å². The lowest BCUT2D eigenvalue weighted by molar-refractivity contribution is -0.131. The van der Waals surface area contributed by atoms with E-state index in [9.17, 15) is 14.0 Å². The van der Waals surface area contributed by atoms with Gasteiger partial charge in [-0.1, -0.05) is 6.42 Å². The quantitative estimate of drug-likeness (QED) is 0.839. The summed E-state index contributed by atoms with van der Waals surface area (Å²) in [6.45, 7) is 0. The number of carbonyl (C=O) groups is 2. The maximum atomic E-state index is 13.6. The van der Waals surface area contributed by atoms with E-state index in [1.54, 1.807) is 11.8 Å². The Morgan fingerprint density at radius 3 is 2.86 bits per heavy atom. The van der Waals surface area contributed by atoms with Gasteiger partial charge in [0.25, 0.3) is 0 Å². The maximum Gasteiger partial charge on any atom is 0.328 e. The topological polar surface area (TPSA) is 66.4 Å². The summed E-state index contributed by atoms with van der Waals surface area (Å²) < 4.78 is 13.6. The van der Waals surface area contributed by atoms with Crippen LogP contribution >= 0.6 is 11.8 Å². The van der Waals surface area contributed by atoms with Crippen molar-refractivity contribution in [2.45, 2.75) is 24.5 Å². The highest BCUT2D eigenvalue weighted by Crippen LogP contribution is 2.26. The Morgan fingerprint density at radius 2 is 2.19 bits per heavy atom. The highest BCUT2D eigenvalue weighted by atomic mass is 32.2. The minimum absolute atomic E-state index is 0.0678. The largest absolute Gasteiger partial charge is 0.478 e. The predicted octanol–water partition coefficient (Wildman–Crippen LogP) is 3.15. The number of rotatable bonds is 4. The fourth-order valence-corrected chi connectivity index (χ4v) is 3.28. The number of carbonyl (C=O) groups excluding carboxylic acids is 1. The standard InChI is InChI=1S/C15H16FNO3S/c16-12-6-5-11(9-10(12)4-7-14(18)19)17-15(20)13-3-1-2-8-21-13/h4-7,9,13H,1-3,8H2,(H,17,20)(H,18,19)/b7-4+. The Balaban J connectivity index is 2.07. The third kappa shape index (κ3) is 4.60. The monoisotopic (exact) mass is 309 g/mol. The lowest BCUT2D eigenvalue weighted by Gasteiger charge is -2.20. The van der Waals surface area contributed by atoms with Crippen molar-refractivity contribution in [1.82, 2.24) is 0 Å². The van der Waals surface area contributed by atoms with E-state index < -0.39 is 11.8 Å². The van der Waals surface area contributed by atoms with Gasteiger partial charge in [-0.25, -0.2) is 9.18 Å². The van der Waals surface area contributed by atoms with Gasteiger partial charge in [-0.3, -0.25) is 4.79 Å². The molecule has 0 aromatic heterocycles. The average Bonchev–Trinajstić information content (AvgIpc) is 2.48. The summed E-state index contributed by atoms with van der Waals surface area (Å²) in [5, 5.41) is 11.3. The Bertz CT molecular complexity index is 568. The number of anilines is 1. The molecule has 0 saturated carbocycles. The summed E-state index contributed by atoms with van der Waals surface area (Å²) in [5.74, 6) is -0.784. The normalized spacial score (nSPS) is 18.6. The van der Waals surface area contributed by atoms with Crippen LogP contribution in [0.4, 0.5) is 10.1 Å². The van der Waals surface area contributed by atoms with Gasteiger partial charge in [-0.2, -0.15) is 0 Å². The Hall–Kier alpha value is -1.82. The molecule has 2 N–H and O–H groups in total. The van der Waals surface area contributed by atoms with Crippen LogP contribution in [0.3, 0.4) is 0 Å². The van der Waals surface area contributed by atoms with Gasteiger partial charge >= 0.3 is 5.97 Å². The molecule has 1 aliphatic rings. The van der Waals surface area contributed by atoms with Crippen molar-refractivity contribution >= 4 is 35.4 Å². The van der Waals surface area contributed by atoms with Crippen LogP contribution < -0.4 is 5.32 Å². The molecule has 1 amide bonds. The maximum absolute atomic E-state index is 13.6. The zero-order valence-electron chi connectivity index (χ0n) is 11.3. The summed E-state index contributed by atoms with van der Waals surface area (Å²) in [7, 11) is 0. The Kier molecular flexibility index (Phi) is 5.38. The molecular weight excluding hydrogens is 293 g/mol. The van der Waals surface area contributed by atoms with Gasteiger partial charge in [0.05, 0.1) is 5.25 Å². The zero-order valence-corrected chi connectivity index (χ0v) is 12.2. The van der Waals surface area contributed by atoms with E-state index in [4.69, 9.17) is 5.11 Å². The van der Waals surface area contributed by atoms with Crippen molar-refractivity contribution < 1.29 is 19.1 Å². The van der Waals surface area contributed by atoms with Crippen molar-refractivity contribution in [1.29, 1.82) is 0 Å². The number of benzene rings is 1. The summed E-state index contributed by atoms with van der Waals surface area (Å²) in [5.41, 5.74) is 0.601. The fraction of sp³-hybridized carbons (Fsp3) is 0.333. The summed E-state index contributed by atoms with van der Waals surface area (Å²) >= 11 is 1.63. The summed E-state index contributed by atoms with van der Waals surface area (Å²) in [4.78, 5) is 22.6. The number of hydrogen-bond acceptors (Lipinski definition) is 3. The highest BCUT2D eigenvalue weighted by molar-refractivity contribution is 8.00. The molecule has 1 fully saturated rings. The zero-order chi connectivity index (χ0) is 15.2. The molecular formula is C15H16FNO3S. The molecule has 1 heterocycles. The number of thioether (sulfide) groups is 1. The van der Waals surface area contributed by atoms with Crippen LogP contribution in [0.1, 0.15) is 24.8 Å². The molecule has 6 heteroatoms. The highest BCUT2D eigenvalue weighted by Gasteiger charge is 2.21. The first kappa shape index (κ1) is 15.6. The van der Waals surface area contributed by atoms with Crippen molar-refractivity contribution in [3.8, 4) is 0 Å². The first-order chi connectivity index (χ1) is 10.1. The van der Waals surface area contributed by atoms with Gasteiger partial charge in [0.2, 0.25) is 5.91 Å². The molecule has 1 aromatic rings. The second kappa shape index (κ2) is 7.26. The number of aliphatic carboxylic acids is 1. The van der Waals surface area contributed by atoms with Crippen LogP contribution in [-0.4, -0.2) is 28.0 Å². The number of hydrogen-bond donors (Lipinski definition) is 2. The number of amides is 1. The fourth-order valence-electron chi connectivity index (χ4n) is 2.08. The van der Waals surface area contributed by atoms with Gasteiger partial charge in [0, 0.05) is 17.3 Å². The first-order valence-corrected chi connectivity index (χ1v) is 7.74. The van der Waals surface area contributed by atoms with Crippen LogP contribution in [0, 0.1) is 5.82 Å². The molecule has 1 aromatic carbocycles. The van der Waals surface area contributed by atoms with E-state index in [1.807, 2.05) is 0 Å². The molecule has 112 valence electrons. The third-order valence-corrected chi connectivity index (χ3v) is 4.52. The van der Waals surface area contributed by atoms with Crippen LogP contribution in [0.15, 0.2) is 24.3 Å². The van der Waals surface area contributed by atoms with Crippen LogP contribution in [0.2, 0.25) is 0 Å². The van der Waals surface area contributed by atoms with Crippen molar-refractivity contribution in [2.75, 3.05) is 11.1 Å². The molecule has 1 unspecified atom stereocenters. The van der Waals surface area contributed by atoms with E-state index >= 15 is 0 Å². The van der Waals surface area contributed by atoms with E-state index in [2.05, 4.69) is 5.32 Å². The Labute approximate surface area is 126 Å². The van der Waals surface area contributed by atoms with Gasteiger partial charge in [-0.15, -0.1) is 11.8 Å². The van der Waals surface area contributed by atoms with Crippen molar-refractivity contribution in [2.24, 2.45) is 0 Å². The van der Waals surface area contributed by atoms with Gasteiger partial charge < -0.3 is 10.4 Å². The molecule has 0 bridgehead atoms. The van der Waals surface area contributed by atoms with Crippen LogP contribution in [0.5, 0.6) is 0 Å². The van der Waals surface area contributed by atoms with E-state index in [0.717, 1.165) is 31.1 Å². The van der Waals surface area contributed by atoms with Gasteiger partial charge in [-0.05, 0) is 42.9 Å². The summed E-state index contributed by atoms with van der Waals surface area (Å²) in [6, 6.07) is 4.12. The lowest BCUT2D eigenvalue weighted by Crippen LogP contribution is -2.27. The number of carboxylic acid groups (broad SMARTS) is 1. The molecule has 2 rings (SSSR count). The van der Waals surface area contributed by atoms with Crippen molar-refractivity contribution in [3.63, 3.8) is 0 Å². The smallest absolute Gasteiger partial charge is 0.328 e. The SMILES string of the molecule is O=C(O)/C=C/c1cc(NC(=O)C2CCCCS2)ccc1F. The molecule has 4 nitrogen and oxygen atoms in total. The van der Waals surface area contributed by atoms with Crippen molar-refractivity contribution in [3.05, 3.63) is 35.7 Å². The molecule has 0 aliphatic carbocycles. The molecule has 0 radical (unpaired) electrons. The third-order valence-electron chi connectivity index (χ3n) is 3.14. The number of nitrogens with one attached hydrogen (secondary N) is 1. The minimum Gasteiger partial charge on any atom is -0.478 e. The molecule has 1 saturated heterocycles.